The third kappa shape index (κ3) is 2.82. The largest absolute Gasteiger partial charge is 0.495 e. The summed E-state index contributed by atoms with van der Waals surface area (Å²) < 4.78 is 5.29. The molecule has 0 saturated heterocycles. The summed E-state index contributed by atoms with van der Waals surface area (Å²) in [6.45, 7) is 0. The highest BCUT2D eigenvalue weighted by Crippen LogP contribution is 2.37. The first-order valence-corrected chi connectivity index (χ1v) is 8.39. The average Bonchev–Trinajstić information content (AvgIpc) is 2.77. The van der Waals surface area contributed by atoms with Crippen LogP contribution < -0.4 is 21.1 Å². The number of rotatable bonds is 2. The molecule has 26 heavy (non-hydrogen) atoms. The van der Waals surface area contributed by atoms with E-state index in [9.17, 15) is 4.79 Å². The summed E-state index contributed by atoms with van der Waals surface area (Å²) in [5.41, 5.74) is 11.0. The Morgan fingerprint density at radius 1 is 0.885 bits per heavy atom. The van der Waals surface area contributed by atoms with Crippen LogP contribution in [0.25, 0.3) is 11.1 Å². The lowest BCUT2D eigenvalue weighted by atomic mass is 10.0. The maximum absolute atomic E-state index is 12.5. The van der Waals surface area contributed by atoms with E-state index in [0.717, 1.165) is 22.5 Å². The minimum absolute atomic E-state index is 0.183. The smallest absolute Gasteiger partial charge is 0.257 e. The van der Waals surface area contributed by atoms with E-state index in [2.05, 4.69) is 10.6 Å². The van der Waals surface area contributed by atoms with Gasteiger partial charge in [-0.2, -0.15) is 0 Å². The van der Waals surface area contributed by atoms with Gasteiger partial charge in [-0.25, -0.2) is 0 Å². The number of anilines is 4. The molecule has 1 heterocycles. The Balaban J connectivity index is 1.80. The van der Waals surface area contributed by atoms with Crippen LogP contribution in [-0.4, -0.2) is 13.0 Å². The molecular formula is C20H16ClN3O2. The van der Waals surface area contributed by atoms with Gasteiger partial charge >= 0.3 is 0 Å². The molecule has 6 heteroatoms. The second-order valence-corrected chi connectivity index (χ2v) is 6.40. The van der Waals surface area contributed by atoms with Gasteiger partial charge in [0.1, 0.15) is 5.75 Å². The van der Waals surface area contributed by atoms with E-state index < -0.39 is 0 Å². The molecule has 1 aliphatic rings. The maximum Gasteiger partial charge on any atom is 0.257 e. The number of benzene rings is 3. The van der Waals surface area contributed by atoms with Crippen LogP contribution >= 0.6 is 11.6 Å². The van der Waals surface area contributed by atoms with Crippen LogP contribution in [0.1, 0.15) is 10.4 Å². The van der Waals surface area contributed by atoms with Gasteiger partial charge < -0.3 is 21.1 Å². The van der Waals surface area contributed by atoms with Gasteiger partial charge in [0.15, 0.2) is 0 Å². The fourth-order valence-corrected chi connectivity index (χ4v) is 3.17. The third-order valence-corrected chi connectivity index (χ3v) is 4.62. The van der Waals surface area contributed by atoms with E-state index in [1.165, 1.54) is 0 Å². The van der Waals surface area contributed by atoms with Crippen LogP contribution in [0.15, 0.2) is 54.6 Å². The quantitative estimate of drug-likeness (QED) is 0.564. The molecule has 0 atom stereocenters. The minimum atomic E-state index is -0.183. The molecular weight excluding hydrogens is 350 g/mol. The zero-order valence-electron chi connectivity index (χ0n) is 14.0. The molecule has 3 aromatic rings. The van der Waals surface area contributed by atoms with Crippen molar-refractivity contribution >= 4 is 40.3 Å². The number of methoxy groups -OCH3 is 1. The van der Waals surface area contributed by atoms with Crippen LogP contribution in [0.3, 0.4) is 0 Å². The van der Waals surface area contributed by atoms with Gasteiger partial charge in [0, 0.05) is 5.69 Å². The molecule has 0 aliphatic carbocycles. The highest BCUT2D eigenvalue weighted by atomic mass is 35.5. The van der Waals surface area contributed by atoms with Crippen molar-refractivity contribution in [2.75, 3.05) is 23.5 Å². The summed E-state index contributed by atoms with van der Waals surface area (Å²) in [7, 11) is 1.58. The lowest BCUT2D eigenvalue weighted by Crippen LogP contribution is -2.10. The molecule has 0 unspecified atom stereocenters. The summed E-state index contributed by atoms with van der Waals surface area (Å²) in [6, 6.07) is 16.6. The molecule has 0 radical (unpaired) electrons. The number of halogens is 1. The first kappa shape index (κ1) is 16.3. The fraction of sp³-hybridized carbons (Fsp3) is 0.0500. The van der Waals surface area contributed by atoms with Crippen molar-refractivity contribution in [3.63, 3.8) is 0 Å². The van der Waals surface area contributed by atoms with Crippen molar-refractivity contribution in [3.8, 4) is 16.9 Å². The van der Waals surface area contributed by atoms with Crippen LogP contribution in [0.5, 0.6) is 5.75 Å². The van der Waals surface area contributed by atoms with Crippen molar-refractivity contribution in [1.29, 1.82) is 0 Å². The second kappa shape index (κ2) is 6.28. The number of fused-ring (bicyclic) bond motifs is 2. The average molecular weight is 366 g/mol. The van der Waals surface area contributed by atoms with E-state index in [0.29, 0.717) is 27.7 Å². The van der Waals surface area contributed by atoms with Gasteiger partial charge in [-0.15, -0.1) is 0 Å². The molecule has 1 amide bonds. The van der Waals surface area contributed by atoms with E-state index in [-0.39, 0.29) is 5.91 Å². The van der Waals surface area contributed by atoms with Gasteiger partial charge in [-0.05, 0) is 53.6 Å². The predicted octanol–water partition coefficient (Wildman–Crippen LogP) is 4.91. The van der Waals surface area contributed by atoms with Crippen molar-refractivity contribution in [3.05, 3.63) is 65.2 Å². The number of hydrogen-bond acceptors (Lipinski definition) is 4. The Bertz CT molecular complexity index is 1030. The molecule has 0 fully saturated rings. The number of hydrogen-bond donors (Lipinski definition) is 3. The van der Waals surface area contributed by atoms with Crippen molar-refractivity contribution in [2.45, 2.75) is 0 Å². The minimum Gasteiger partial charge on any atom is -0.495 e. The molecule has 0 saturated carbocycles. The van der Waals surface area contributed by atoms with Crippen LogP contribution in [0, 0.1) is 0 Å². The molecule has 3 aromatic carbocycles. The van der Waals surface area contributed by atoms with Gasteiger partial charge in [0.2, 0.25) is 0 Å². The van der Waals surface area contributed by atoms with Gasteiger partial charge in [0.05, 0.1) is 34.8 Å². The Kier molecular flexibility index (Phi) is 3.93. The zero-order valence-corrected chi connectivity index (χ0v) is 14.7. The predicted molar refractivity (Wildman–Crippen MR) is 106 cm³/mol. The topological polar surface area (TPSA) is 76.4 Å². The number of nitrogens with one attached hydrogen (secondary N) is 2. The van der Waals surface area contributed by atoms with E-state index in [4.69, 9.17) is 22.1 Å². The lowest BCUT2D eigenvalue weighted by molar-refractivity contribution is 0.102. The molecule has 4 rings (SSSR count). The second-order valence-electron chi connectivity index (χ2n) is 5.99. The maximum atomic E-state index is 12.5. The summed E-state index contributed by atoms with van der Waals surface area (Å²) >= 11 is 6.11. The standard InChI is InChI=1S/C20H16ClN3O2/c1-26-19-9-12(3-6-15(19)21)11-2-5-14-17(8-11)23-16-7-4-13(22)10-18(16)24-20(14)25/h2-10,23H,22H2,1H3,(H,24,25). The molecule has 0 bridgehead atoms. The Morgan fingerprint density at radius 3 is 2.46 bits per heavy atom. The Hall–Kier alpha value is -3.18. The first-order chi connectivity index (χ1) is 12.5. The normalized spacial score (nSPS) is 12.3. The van der Waals surface area contributed by atoms with Crippen molar-refractivity contribution in [2.24, 2.45) is 0 Å². The number of amides is 1. The summed E-state index contributed by atoms with van der Waals surface area (Å²) in [5.74, 6) is 0.419. The monoisotopic (exact) mass is 365 g/mol. The first-order valence-electron chi connectivity index (χ1n) is 8.01. The van der Waals surface area contributed by atoms with Crippen molar-refractivity contribution in [1.82, 2.24) is 0 Å². The van der Waals surface area contributed by atoms with E-state index in [1.54, 1.807) is 31.4 Å². The number of carbonyl (C=O) groups is 1. The van der Waals surface area contributed by atoms with E-state index in [1.807, 2.05) is 30.3 Å². The van der Waals surface area contributed by atoms with Crippen molar-refractivity contribution < 1.29 is 9.53 Å². The number of carbonyl (C=O) groups excluding carboxylic acids is 1. The van der Waals surface area contributed by atoms with Crippen LogP contribution in [0.4, 0.5) is 22.7 Å². The highest BCUT2D eigenvalue weighted by Gasteiger charge is 2.19. The number of nitrogen functional groups attached to an aromatic ring is 1. The summed E-state index contributed by atoms with van der Waals surface area (Å²) in [4.78, 5) is 12.5. The summed E-state index contributed by atoms with van der Waals surface area (Å²) in [6.07, 6.45) is 0. The molecule has 0 spiro atoms. The van der Waals surface area contributed by atoms with Crippen LogP contribution in [-0.2, 0) is 0 Å². The molecule has 130 valence electrons. The Morgan fingerprint density at radius 2 is 1.65 bits per heavy atom. The SMILES string of the molecule is COc1cc(-c2ccc3c(c2)Nc2ccc(N)cc2NC3=O)ccc1Cl. The van der Waals surface area contributed by atoms with Gasteiger partial charge in [-0.3, -0.25) is 4.79 Å². The highest BCUT2D eigenvalue weighted by molar-refractivity contribution is 6.32. The van der Waals surface area contributed by atoms with Crippen LogP contribution in [0.2, 0.25) is 5.02 Å². The lowest BCUT2D eigenvalue weighted by Gasteiger charge is -2.12. The van der Waals surface area contributed by atoms with Gasteiger partial charge in [0.25, 0.3) is 5.91 Å². The molecule has 5 nitrogen and oxygen atoms in total. The number of nitrogens with two attached hydrogens (primary N) is 1. The number of ether oxygens (including phenoxy) is 1. The third-order valence-electron chi connectivity index (χ3n) is 4.31. The zero-order chi connectivity index (χ0) is 18.3. The van der Waals surface area contributed by atoms with E-state index >= 15 is 0 Å². The Labute approximate surface area is 155 Å². The van der Waals surface area contributed by atoms with Gasteiger partial charge in [-0.1, -0.05) is 23.7 Å². The summed E-state index contributed by atoms with van der Waals surface area (Å²) in [5, 5.41) is 6.75. The molecule has 1 aliphatic heterocycles. The fourth-order valence-electron chi connectivity index (χ4n) is 2.97. The molecule has 4 N–H and O–H groups in total. The molecule has 0 aromatic heterocycles.